The van der Waals surface area contributed by atoms with Gasteiger partial charge in [0.25, 0.3) is 0 Å². The zero-order chi connectivity index (χ0) is 16.1. The zero-order valence-electron chi connectivity index (χ0n) is 12.6. The molecule has 0 saturated heterocycles. The Morgan fingerprint density at radius 1 is 0.696 bits per heavy atom. The number of rotatable bonds is 4. The van der Waals surface area contributed by atoms with E-state index < -0.39 is 11.5 Å². The predicted octanol–water partition coefficient (Wildman–Crippen LogP) is 4.23. The largest absolute Gasteiger partial charge is 0.379 e. The molecule has 0 heterocycles. The number of hydrogen-bond donors (Lipinski definition) is 1. The summed E-state index contributed by atoms with van der Waals surface area (Å²) in [6.07, 6.45) is 0. The monoisotopic (exact) mass is 299 g/mol. The number of benzene rings is 3. The first kappa shape index (κ1) is 15.0. The molecule has 0 fully saturated rings. The lowest BCUT2D eigenvalue weighted by Gasteiger charge is -2.34. The molecule has 0 radical (unpaired) electrons. The Labute approximate surface area is 136 Å². The molecule has 0 aliphatic heterocycles. The van der Waals surface area contributed by atoms with Gasteiger partial charge in [0.15, 0.2) is 0 Å². The van der Waals surface area contributed by atoms with Crippen molar-refractivity contribution in [1.82, 2.24) is 0 Å². The van der Waals surface area contributed by atoms with Crippen LogP contribution in [-0.2, 0) is 5.60 Å². The Bertz CT molecular complexity index is 752. The lowest BCUT2D eigenvalue weighted by molar-refractivity contribution is 0.0672. The molecular weight excluding hydrogens is 282 g/mol. The Hall–Kier alpha value is -2.89. The van der Waals surface area contributed by atoms with E-state index in [0.717, 1.165) is 5.56 Å². The average molecular weight is 299 g/mol. The van der Waals surface area contributed by atoms with Crippen LogP contribution in [0.5, 0.6) is 0 Å². The third kappa shape index (κ3) is 2.75. The van der Waals surface area contributed by atoms with E-state index >= 15 is 0 Å². The van der Waals surface area contributed by atoms with Gasteiger partial charge < -0.3 is 5.11 Å². The van der Waals surface area contributed by atoms with E-state index in [-0.39, 0.29) is 0 Å². The molecule has 2 nitrogen and oxygen atoms in total. The minimum atomic E-state index is -1.40. The number of nitrogens with zero attached hydrogens (tertiary/aromatic N) is 1. The van der Waals surface area contributed by atoms with Gasteiger partial charge in [-0.1, -0.05) is 91.0 Å². The van der Waals surface area contributed by atoms with E-state index in [2.05, 4.69) is 6.07 Å². The molecule has 1 atom stereocenters. The second kappa shape index (κ2) is 6.48. The fraction of sp³-hybridized carbons (Fsp3) is 0.0952. The molecule has 0 aliphatic rings. The zero-order valence-corrected chi connectivity index (χ0v) is 12.6. The standard InChI is InChI=1S/C21H17NO/c22-16-20(17-10-4-1-5-11-17)21(23,18-12-6-2-7-13-18)19-14-8-3-9-15-19/h1-15,20,23H/t20-/m0/s1. The molecule has 3 rings (SSSR count). The van der Waals surface area contributed by atoms with Crippen molar-refractivity contribution in [3.8, 4) is 6.07 Å². The van der Waals surface area contributed by atoms with Gasteiger partial charge in [-0.05, 0) is 16.7 Å². The molecule has 1 N–H and O–H groups in total. The summed E-state index contributed by atoms with van der Waals surface area (Å²) in [6, 6.07) is 30.5. The van der Waals surface area contributed by atoms with Crippen LogP contribution in [-0.4, -0.2) is 5.11 Å². The average Bonchev–Trinajstić information content (AvgIpc) is 2.64. The van der Waals surface area contributed by atoms with Gasteiger partial charge in [-0.15, -0.1) is 0 Å². The number of aliphatic hydroxyl groups is 1. The summed E-state index contributed by atoms with van der Waals surface area (Å²) in [5, 5.41) is 21.5. The third-order valence-electron chi connectivity index (χ3n) is 4.11. The van der Waals surface area contributed by atoms with Crippen molar-refractivity contribution in [2.24, 2.45) is 0 Å². The van der Waals surface area contributed by atoms with Crippen LogP contribution in [0.1, 0.15) is 22.6 Å². The molecule has 0 aromatic heterocycles. The van der Waals surface area contributed by atoms with Gasteiger partial charge in [0, 0.05) is 0 Å². The van der Waals surface area contributed by atoms with Crippen molar-refractivity contribution in [1.29, 1.82) is 5.26 Å². The molecule has 3 aromatic carbocycles. The van der Waals surface area contributed by atoms with Crippen LogP contribution in [0.4, 0.5) is 0 Å². The van der Waals surface area contributed by atoms with E-state index in [1.54, 1.807) is 0 Å². The maximum absolute atomic E-state index is 11.6. The maximum atomic E-state index is 11.6. The normalized spacial score (nSPS) is 12.3. The Morgan fingerprint density at radius 3 is 1.48 bits per heavy atom. The van der Waals surface area contributed by atoms with Crippen LogP contribution in [0.3, 0.4) is 0 Å². The molecule has 2 heteroatoms. The number of hydrogen-bond acceptors (Lipinski definition) is 2. The van der Waals surface area contributed by atoms with Crippen molar-refractivity contribution in [3.63, 3.8) is 0 Å². The summed E-state index contributed by atoms with van der Waals surface area (Å²) < 4.78 is 0. The summed E-state index contributed by atoms with van der Waals surface area (Å²) in [5.74, 6) is -0.700. The summed E-state index contributed by atoms with van der Waals surface area (Å²) in [7, 11) is 0. The Balaban J connectivity index is 2.22. The van der Waals surface area contributed by atoms with E-state index in [1.165, 1.54) is 0 Å². The SMILES string of the molecule is N#C[C@@H](c1ccccc1)C(O)(c1ccccc1)c1ccccc1. The van der Waals surface area contributed by atoms with Crippen LogP contribution in [0.25, 0.3) is 0 Å². The molecule has 3 aromatic rings. The summed E-state index contributed by atoms with van der Waals surface area (Å²) in [5.41, 5.74) is 0.812. The van der Waals surface area contributed by atoms with Crippen LogP contribution in [0, 0.1) is 11.3 Å². The van der Waals surface area contributed by atoms with Gasteiger partial charge in [-0.3, -0.25) is 0 Å². The van der Waals surface area contributed by atoms with E-state index in [0.29, 0.717) is 11.1 Å². The van der Waals surface area contributed by atoms with Crippen molar-refractivity contribution >= 4 is 0 Å². The van der Waals surface area contributed by atoms with Crippen LogP contribution in [0.2, 0.25) is 0 Å². The van der Waals surface area contributed by atoms with Crippen LogP contribution < -0.4 is 0 Å². The molecule has 23 heavy (non-hydrogen) atoms. The molecule has 0 spiro atoms. The molecule has 0 aliphatic carbocycles. The van der Waals surface area contributed by atoms with Gasteiger partial charge in [-0.25, -0.2) is 0 Å². The fourth-order valence-corrected chi connectivity index (χ4v) is 2.94. The molecular formula is C21H17NO. The van der Waals surface area contributed by atoms with Crippen molar-refractivity contribution < 1.29 is 5.11 Å². The first-order valence-corrected chi connectivity index (χ1v) is 7.55. The highest BCUT2D eigenvalue weighted by atomic mass is 16.3. The Kier molecular flexibility index (Phi) is 4.23. The smallest absolute Gasteiger partial charge is 0.134 e. The maximum Gasteiger partial charge on any atom is 0.134 e. The molecule has 0 bridgehead atoms. The minimum Gasteiger partial charge on any atom is -0.379 e. The molecule has 0 saturated carbocycles. The highest BCUT2D eigenvalue weighted by Crippen LogP contribution is 2.42. The van der Waals surface area contributed by atoms with Gasteiger partial charge in [0.05, 0.1) is 6.07 Å². The second-order valence-electron chi connectivity index (χ2n) is 5.47. The van der Waals surface area contributed by atoms with E-state index in [9.17, 15) is 10.4 Å². The summed E-state index contributed by atoms with van der Waals surface area (Å²) in [4.78, 5) is 0. The summed E-state index contributed by atoms with van der Waals surface area (Å²) in [6.45, 7) is 0. The van der Waals surface area contributed by atoms with Gasteiger partial charge in [-0.2, -0.15) is 5.26 Å². The van der Waals surface area contributed by atoms with Crippen molar-refractivity contribution in [2.45, 2.75) is 11.5 Å². The van der Waals surface area contributed by atoms with E-state index in [4.69, 9.17) is 0 Å². The van der Waals surface area contributed by atoms with Crippen LogP contribution >= 0.6 is 0 Å². The van der Waals surface area contributed by atoms with Gasteiger partial charge in [0.2, 0.25) is 0 Å². The second-order valence-corrected chi connectivity index (χ2v) is 5.47. The van der Waals surface area contributed by atoms with Gasteiger partial charge in [0.1, 0.15) is 11.5 Å². The third-order valence-corrected chi connectivity index (χ3v) is 4.11. The molecule has 0 unspecified atom stereocenters. The quantitative estimate of drug-likeness (QED) is 0.783. The first-order valence-electron chi connectivity index (χ1n) is 7.55. The molecule has 0 amide bonds. The van der Waals surface area contributed by atoms with Crippen molar-refractivity contribution in [2.75, 3.05) is 0 Å². The predicted molar refractivity (Wildman–Crippen MR) is 90.7 cm³/mol. The lowest BCUT2D eigenvalue weighted by atomic mass is 9.74. The minimum absolute atomic E-state index is 0.700. The fourth-order valence-electron chi connectivity index (χ4n) is 2.94. The van der Waals surface area contributed by atoms with Crippen LogP contribution in [0.15, 0.2) is 91.0 Å². The van der Waals surface area contributed by atoms with Gasteiger partial charge >= 0.3 is 0 Å². The van der Waals surface area contributed by atoms with E-state index in [1.807, 2.05) is 91.0 Å². The first-order chi connectivity index (χ1) is 11.3. The summed E-state index contributed by atoms with van der Waals surface area (Å²) >= 11 is 0. The topological polar surface area (TPSA) is 44.0 Å². The lowest BCUT2D eigenvalue weighted by Crippen LogP contribution is -2.34. The van der Waals surface area contributed by atoms with Crippen molar-refractivity contribution in [3.05, 3.63) is 108 Å². The highest BCUT2D eigenvalue weighted by Gasteiger charge is 2.41. The molecule has 112 valence electrons. The number of nitriles is 1. The highest BCUT2D eigenvalue weighted by molar-refractivity contribution is 5.44. The Morgan fingerprint density at radius 2 is 1.09 bits per heavy atom.